The molecule has 0 radical (unpaired) electrons. The Morgan fingerprint density at radius 3 is 1.25 bits per heavy atom. The van der Waals surface area contributed by atoms with Crippen molar-refractivity contribution in [3.63, 3.8) is 0 Å². The van der Waals surface area contributed by atoms with E-state index in [0.29, 0.717) is 0 Å². The topological polar surface area (TPSA) is 58.9 Å². The average Bonchev–Trinajstić information content (AvgIpc) is 1.80. The van der Waals surface area contributed by atoms with Gasteiger partial charge in [0.15, 0.2) is 12.6 Å². The van der Waals surface area contributed by atoms with Crippen molar-refractivity contribution in [1.82, 2.24) is 0 Å². The molecule has 0 aromatic carbocycles. The molecule has 2 N–H and O–H groups in total. The minimum Gasteiger partial charge on any atom is -0.368 e. The summed E-state index contributed by atoms with van der Waals surface area (Å²) in [5.41, 5.74) is 0. The summed E-state index contributed by atoms with van der Waals surface area (Å²) in [5, 5.41) is 18.5. The Bertz CT molecular complexity index is 125. The first-order valence-corrected chi connectivity index (χ1v) is 4.59. The molecule has 0 bridgehead atoms. The first-order chi connectivity index (χ1) is 5.91. The number of rotatable bonds is 6. The predicted molar refractivity (Wildman–Crippen MR) is 71.3 cm³/mol. The number of aliphatic hydroxyl groups is 2. The standard InChI is InChI=1S/C9H20O4.2H3P.Pd/c1-6(2)12-8(10)5-9(11)13-7(3)4;;;/h6-11H,5H2,1-4H3;2*1H3;. The van der Waals surface area contributed by atoms with Crippen LogP contribution in [0.5, 0.6) is 0 Å². The van der Waals surface area contributed by atoms with E-state index >= 15 is 0 Å². The zero-order valence-electron chi connectivity index (χ0n) is 10.5. The second-order valence-electron chi connectivity index (χ2n) is 3.51. The van der Waals surface area contributed by atoms with Gasteiger partial charge in [-0.3, -0.25) is 0 Å². The average molecular weight is 367 g/mol. The Labute approximate surface area is 119 Å². The van der Waals surface area contributed by atoms with Crippen LogP contribution >= 0.6 is 19.8 Å². The zero-order chi connectivity index (χ0) is 10.4. The van der Waals surface area contributed by atoms with Gasteiger partial charge in [-0.25, -0.2) is 0 Å². The molecule has 0 spiro atoms. The van der Waals surface area contributed by atoms with Crippen molar-refractivity contribution in [3.8, 4) is 0 Å². The minimum atomic E-state index is -0.964. The smallest absolute Gasteiger partial charge is 0.159 e. The molecule has 4 atom stereocenters. The van der Waals surface area contributed by atoms with Gasteiger partial charge in [0, 0.05) is 26.8 Å². The molecule has 0 aromatic rings. The number of aliphatic hydroxyl groups excluding tert-OH is 2. The molecule has 4 nitrogen and oxygen atoms in total. The Morgan fingerprint density at radius 2 is 1.06 bits per heavy atom. The first-order valence-electron chi connectivity index (χ1n) is 4.59. The van der Waals surface area contributed by atoms with Crippen LogP contribution in [0.15, 0.2) is 0 Å². The Balaban J connectivity index is -0.000000240. The Kier molecular flexibility index (Phi) is 23.5. The second kappa shape index (κ2) is 14.4. The van der Waals surface area contributed by atoms with E-state index in [1.54, 1.807) is 0 Å². The molecule has 0 rings (SSSR count). The molecule has 0 saturated heterocycles. The molecule has 0 amide bonds. The van der Waals surface area contributed by atoms with Crippen LogP contribution in [-0.4, -0.2) is 35.0 Å². The van der Waals surface area contributed by atoms with Gasteiger partial charge in [-0.2, -0.15) is 19.8 Å². The largest absolute Gasteiger partial charge is 0.368 e. The van der Waals surface area contributed by atoms with Crippen molar-refractivity contribution in [2.45, 2.75) is 58.9 Å². The van der Waals surface area contributed by atoms with Gasteiger partial charge in [-0.05, 0) is 27.7 Å². The molecule has 0 aliphatic heterocycles. The fraction of sp³-hybridized carbons (Fsp3) is 1.00. The van der Waals surface area contributed by atoms with Crippen LogP contribution in [0.4, 0.5) is 0 Å². The van der Waals surface area contributed by atoms with Crippen molar-refractivity contribution in [3.05, 3.63) is 0 Å². The molecule has 0 aliphatic carbocycles. The van der Waals surface area contributed by atoms with E-state index < -0.39 is 12.6 Å². The van der Waals surface area contributed by atoms with Gasteiger partial charge in [0.05, 0.1) is 12.2 Å². The first kappa shape index (κ1) is 26.0. The van der Waals surface area contributed by atoms with E-state index in [-0.39, 0.29) is 58.8 Å². The predicted octanol–water partition coefficient (Wildman–Crippen LogP) is 0.977. The van der Waals surface area contributed by atoms with Crippen LogP contribution in [0.2, 0.25) is 0 Å². The SMILES string of the molecule is CC(C)OC(O)CC(O)OC(C)C.P.P.[Pd]. The van der Waals surface area contributed by atoms with E-state index in [0.717, 1.165) is 0 Å². The molecule has 0 saturated carbocycles. The monoisotopic (exact) mass is 366 g/mol. The third kappa shape index (κ3) is 17.7. The van der Waals surface area contributed by atoms with Crippen LogP contribution in [0.25, 0.3) is 0 Å². The number of hydrogen-bond acceptors (Lipinski definition) is 4. The van der Waals surface area contributed by atoms with Crippen molar-refractivity contribution >= 4 is 19.8 Å². The maximum atomic E-state index is 9.24. The van der Waals surface area contributed by atoms with Gasteiger partial charge in [0.2, 0.25) is 0 Å². The molecule has 7 heteroatoms. The third-order valence-electron chi connectivity index (χ3n) is 1.26. The van der Waals surface area contributed by atoms with Gasteiger partial charge < -0.3 is 19.7 Å². The molecule has 106 valence electrons. The summed E-state index contributed by atoms with van der Waals surface area (Å²) in [4.78, 5) is 0. The summed E-state index contributed by atoms with van der Waals surface area (Å²) in [6, 6.07) is 0. The van der Waals surface area contributed by atoms with E-state index in [2.05, 4.69) is 0 Å². The van der Waals surface area contributed by atoms with Crippen LogP contribution in [0.3, 0.4) is 0 Å². The molecular formula is C9H26O4P2Pd. The van der Waals surface area contributed by atoms with E-state index in [1.807, 2.05) is 27.7 Å². The second-order valence-corrected chi connectivity index (χ2v) is 3.51. The van der Waals surface area contributed by atoms with E-state index in [4.69, 9.17) is 9.47 Å². The van der Waals surface area contributed by atoms with Crippen molar-refractivity contribution in [2.24, 2.45) is 0 Å². The molecule has 0 aromatic heterocycles. The fourth-order valence-corrected chi connectivity index (χ4v) is 0.912. The molecular weight excluding hydrogens is 340 g/mol. The van der Waals surface area contributed by atoms with Crippen LogP contribution in [-0.2, 0) is 29.9 Å². The van der Waals surface area contributed by atoms with Gasteiger partial charge in [0.25, 0.3) is 0 Å². The molecule has 0 aliphatic rings. The van der Waals surface area contributed by atoms with Gasteiger partial charge in [-0.1, -0.05) is 0 Å². The van der Waals surface area contributed by atoms with Gasteiger partial charge in [0.1, 0.15) is 0 Å². The summed E-state index contributed by atoms with van der Waals surface area (Å²) < 4.78 is 10.0. The van der Waals surface area contributed by atoms with Crippen LogP contribution in [0, 0.1) is 0 Å². The summed E-state index contributed by atoms with van der Waals surface area (Å²) in [6.07, 6.45) is -1.96. The van der Waals surface area contributed by atoms with Crippen molar-refractivity contribution < 1.29 is 40.1 Å². The Hall–Kier alpha value is 1.36. The molecule has 0 heterocycles. The van der Waals surface area contributed by atoms with Gasteiger partial charge >= 0.3 is 0 Å². The van der Waals surface area contributed by atoms with Gasteiger partial charge in [-0.15, -0.1) is 0 Å². The van der Waals surface area contributed by atoms with Crippen LogP contribution < -0.4 is 0 Å². The maximum absolute atomic E-state index is 9.24. The summed E-state index contributed by atoms with van der Waals surface area (Å²) in [7, 11) is 0. The molecule has 4 unspecified atom stereocenters. The van der Waals surface area contributed by atoms with E-state index in [1.165, 1.54) is 0 Å². The zero-order valence-corrected chi connectivity index (χ0v) is 14.8. The molecule has 16 heavy (non-hydrogen) atoms. The minimum absolute atomic E-state index is 0. The third-order valence-corrected chi connectivity index (χ3v) is 1.26. The Morgan fingerprint density at radius 1 is 0.812 bits per heavy atom. The number of ether oxygens (including phenoxy) is 2. The summed E-state index contributed by atoms with van der Waals surface area (Å²) in [6.45, 7) is 7.27. The fourth-order valence-electron chi connectivity index (χ4n) is 0.912. The molecule has 0 fully saturated rings. The normalized spacial score (nSPS) is 13.5. The summed E-state index contributed by atoms with van der Waals surface area (Å²) >= 11 is 0. The van der Waals surface area contributed by atoms with Crippen molar-refractivity contribution in [2.75, 3.05) is 0 Å². The number of hydrogen-bond donors (Lipinski definition) is 2. The maximum Gasteiger partial charge on any atom is 0.159 e. The summed E-state index contributed by atoms with van der Waals surface area (Å²) in [5.74, 6) is 0. The van der Waals surface area contributed by atoms with E-state index in [9.17, 15) is 10.2 Å². The van der Waals surface area contributed by atoms with Crippen molar-refractivity contribution in [1.29, 1.82) is 0 Å². The van der Waals surface area contributed by atoms with Crippen LogP contribution in [0.1, 0.15) is 34.1 Å². The quantitative estimate of drug-likeness (QED) is 0.418.